The molecule has 0 saturated carbocycles. The second kappa shape index (κ2) is 9.76. The fraction of sp³-hybridized carbons (Fsp3) is 0.0698. The molecule has 0 N–H and O–H groups in total. The van der Waals surface area contributed by atoms with Crippen LogP contribution in [0.1, 0.15) is 25.0 Å². The average molecular weight is 620 g/mol. The summed E-state index contributed by atoms with van der Waals surface area (Å²) in [6.07, 6.45) is 0. The first-order valence-corrected chi connectivity index (χ1v) is 17.5. The largest absolute Gasteiger partial charge is 0.455 e. The van der Waals surface area contributed by atoms with Gasteiger partial charge < -0.3 is 4.42 Å². The van der Waals surface area contributed by atoms with Gasteiger partial charge >= 0.3 is 0 Å². The molecule has 0 bridgehead atoms. The molecule has 0 atom stereocenters. The fourth-order valence-corrected chi connectivity index (χ4v) is 9.42. The highest BCUT2D eigenvalue weighted by atomic mass is 16.3. The summed E-state index contributed by atoms with van der Waals surface area (Å²) < 4.78 is 6.87. The number of para-hydroxylation sites is 1. The van der Waals surface area contributed by atoms with Gasteiger partial charge in [0.05, 0.1) is 0 Å². The van der Waals surface area contributed by atoms with Gasteiger partial charge in [0.15, 0.2) is 0 Å². The number of fused-ring (bicyclic) bond motifs is 7. The number of furan rings is 1. The Balaban J connectivity index is 1.32. The van der Waals surface area contributed by atoms with Gasteiger partial charge in [0.2, 0.25) is 0 Å². The van der Waals surface area contributed by atoms with Crippen molar-refractivity contribution in [3.05, 3.63) is 114 Å². The van der Waals surface area contributed by atoms with Gasteiger partial charge in [0.25, 0.3) is 0 Å². The average Bonchev–Trinajstić information content (AvgIpc) is 3.61. The van der Waals surface area contributed by atoms with Crippen molar-refractivity contribution in [2.24, 2.45) is 0 Å². The SMILES string of the molecule is Bc1c(B)c(B)c(-c2ccc3ccc4c(-c5cc6c(c7c5oc5ccccc57)-c5ccccc5C6(C)C)ccc5ccc2c3c54)c(B)c1B. The Labute approximate surface area is 291 Å². The molecule has 49 heavy (non-hydrogen) atoms. The normalized spacial score (nSPS) is 13.7. The van der Waals surface area contributed by atoms with Crippen molar-refractivity contribution in [1.82, 2.24) is 0 Å². The Morgan fingerprint density at radius 3 is 1.73 bits per heavy atom. The Morgan fingerprint density at radius 1 is 0.449 bits per heavy atom. The summed E-state index contributed by atoms with van der Waals surface area (Å²) in [5, 5.41) is 10.2. The minimum atomic E-state index is -0.133. The van der Waals surface area contributed by atoms with Crippen LogP contribution in [0, 0.1) is 0 Å². The third-order valence-corrected chi connectivity index (χ3v) is 12.4. The molecule has 8 aromatic carbocycles. The zero-order valence-corrected chi connectivity index (χ0v) is 29.2. The zero-order valence-electron chi connectivity index (χ0n) is 29.2. The minimum absolute atomic E-state index is 0.133. The van der Waals surface area contributed by atoms with Crippen LogP contribution in [-0.4, -0.2) is 39.2 Å². The first kappa shape index (κ1) is 28.9. The van der Waals surface area contributed by atoms with Crippen LogP contribution in [0.3, 0.4) is 0 Å². The maximum Gasteiger partial charge on any atom is 0.143 e. The van der Waals surface area contributed by atoms with E-state index in [1.165, 1.54) is 115 Å². The second-order valence-electron chi connectivity index (χ2n) is 15.0. The number of hydrogen-bond acceptors (Lipinski definition) is 1. The summed E-state index contributed by atoms with van der Waals surface area (Å²) in [6.45, 7) is 4.75. The van der Waals surface area contributed by atoms with E-state index in [1.54, 1.807) is 0 Å². The summed E-state index contributed by atoms with van der Waals surface area (Å²) in [6, 6.07) is 38.6. The Morgan fingerprint density at radius 2 is 1.02 bits per heavy atom. The number of rotatable bonds is 2. The maximum atomic E-state index is 6.87. The number of hydrogen-bond donors (Lipinski definition) is 0. The Kier molecular flexibility index (Phi) is 5.75. The molecule has 0 aliphatic heterocycles. The van der Waals surface area contributed by atoms with Gasteiger partial charge in [0.1, 0.15) is 50.4 Å². The molecule has 1 aliphatic carbocycles. The molecule has 9 aromatic rings. The second-order valence-corrected chi connectivity index (χ2v) is 15.0. The summed E-state index contributed by atoms with van der Waals surface area (Å²) in [7, 11) is 11.4. The fourth-order valence-electron chi connectivity index (χ4n) is 9.42. The van der Waals surface area contributed by atoms with Crippen LogP contribution in [0.4, 0.5) is 0 Å². The molecule has 1 aliphatic rings. The topological polar surface area (TPSA) is 13.1 Å². The molecule has 1 aromatic heterocycles. The van der Waals surface area contributed by atoms with Crippen molar-refractivity contribution < 1.29 is 4.42 Å². The van der Waals surface area contributed by atoms with Crippen LogP contribution in [0.15, 0.2) is 108 Å². The van der Waals surface area contributed by atoms with Crippen LogP contribution in [0.25, 0.3) is 87.6 Å². The first-order valence-electron chi connectivity index (χ1n) is 17.5. The number of benzene rings is 8. The molecular formula is C43H33B5O. The predicted molar refractivity (Wildman–Crippen MR) is 227 cm³/mol. The van der Waals surface area contributed by atoms with E-state index in [9.17, 15) is 0 Å². The molecule has 10 rings (SSSR count). The Bertz CT molecular complexity index is 2890. The molecule has 6 heteroatoms. The van der Waals surface area contributed by atoms with E-state index in [1.807, 2.05) is 0 Å². The van der Waals surface area contributed by atoms with Gasteiger partial charge in [-0.2, -0.15) is 0 Å². The molecule has 0 unspecified atom stereocenters. The smallest absolute Gasteiger partial charge is 0.143 e. The van der Waals surface area contributed by atoms with E-state index in [-0.39, 0.29) is 5.41 Å². The minimum Gasteiger partial charge on any atom is -0.455 e. The van der Waals surface area contributed by atoms with Gasteiger partial charge in [-0.25, -0.2) is 0 Å². The highest BCUT2D eigenvalue weighted by molar-refractivity contribution is 6.69. The van der Waals surface area contributed by atoms with Crippen LogP contribution in [0.5, 0.6) is 0 Å². The van der Waals surface area contributed by atoms with Crippen LogP contribution in [-0.2, 0) is 5.41 Å². The van der Waals surface area contributed by atoms with E-state index in [4.69, 9.17) is 4.42 Å². The molecule has 0 amide bonds. The maximum absolute atomic E-state index is 6.87. The van der Waals surface area contributed by atoms with E-state index < -0.39 is 0 Å². The van der Waals surface area contributed by atoms with Gasteiger partial charge in [0, 0.05) is 21.8 Å². The van der Waals surface area contributed by atoms with Crippen molar-refractivity contribution >= 4 is 121 Å². The van der Waals surface area contributed by atoms with Gasteiger partial charge in [-0.3, -0.25) is 0 Å². The third kappa shape index (κ3) is 3.62. The highest BCUT2D eigenvalue weighted by Crippen LogP contribution is 2.55. The van der Waals surface area contributed by atoms with Crippen molar-refractivity contribution in [3.63, 3.8) is 0 Å². The lowest BCUT2D eigenvalue weighted by Crippen LogP contribution is -2.55. The lowest BCUT2D eigenvalue weighted by atomic mass is 9.59. The van der Waals surface area contributed by atoms with E-state index in [2.05, 4.69) is 156 Å². The monoisotopic (exact) mass is 620 g/mol. The lowest BCUT2D eigenvalue weighted by molar-refractivity contribution is 0.657. The first-order chi connectivity index (χ1) is 23.7. The van der Waals surface area contributed by atoms with Crippen molar-refractivity contribution in [3.8, 4) is 33.4 Å². The van der Waals surface area contributed by atoms with Crippen molar-refractivity contribution in [2.45, 2.75) is 19.3 Å². The van der Waals surface area contributed by atoms with Gasteiger partial charge in [-0.1, -0.05) is 116 Å². The van der Waals surface area contributed by atoms with Crippen LogP contribution < -0.4 is 27.3 Å². The van der Waals surface area contributed by atoms with Crippen LogP contribution >= 0.6 is 0 Å². The quantitative estimate of drug-likeness (QED) is 0.214. The molecule has 0 fully saturated rings. The highest BCUT2D eigenvalue weighted by Gasteiger charge is 2.38. The van der Waals surface area contributed by atoms with E-state index in [0.717, 1.165) is 11.2 Å². The summed E-state index contributed by atoms with van der Waals surface area (Å²) in [5.41, 5.74) is 19.2. The summed E-state index contributed by atoms with van der Waals surface area (Å²) in [4.78, 5) is 0. The van der Waals surface area contributed by atoms with Gasteiger partial charge in [-0.15, -0.1) is 16.4 Å². The molecule has 1 heterocycles. The van der Waals surface area contributed by atoms with E-state index >= 15 is 0 Å². The zero-order chi connectivity index (χ0) is 33.5. The lowest BCUT2D eigenvalue weighted by Gasteiger charge is -2.23. The Hall–Kier alpha value is -5.08. The molecule has 0 spiro atoms. The molecule has 226 valence electrons. The van der Waals surface area contributed by atoms with Crippen LogP contribution in [0.2, 0.25) is 0 Å². The molecular weight excluding hydrogens is 587 g/mol. The standard InChI is InChI=1S/C43H33B5O/c1-43(2)29-9-5-3-7-26(29)34-30(43)19-28(42-35(34)27-8-4-6-10-31(27)49-42)22-15-11-20-13-17-24-25(18-14-21-12-16-23(22)32(20)33(21)24)36-37(44)39(46)41(48)40(47)38(36)45/h3-19H,44-48H2,1-2H3. The molecule has 1 nitrogen and oxygen atoms in total. The van der Waals surface area contributed by atoms with Crippen molar-refractivity contribution in [2.75, 3.05) is 0 Å². The summed E-state index contributed by atoms with van der Waals surface area (Å²) in [5.74, 6) is 0. The van der Waals surface area contributed by atoms with Crippen molar-refractivity contribution in [1.29, 1.82) is 0 Å². The molecule has 0 radical (unpaired) electrons. The summed E-state index contributed by atoms with van der Waals surface area (Å²) >= 11 is 0. The van der Waals surface area contributed by atoms with E-state index in [0.29, 0.717) is 0 Å². The molecule has 0 saturated heterocycles. The third-order valence-electron chi connectivity index (χ3n) is 12.4. The predicted octanol–water partition coefficient (Wildman–Crippen LogP) is 3.42. The van der Waals surface area contributed by atoms with Gasteiger partial charge in [-0.05, 0) is 83.4 Å².